The number of aromatic nitrogens is 4. The first-order valence-electron chi connectivity index (χ1n) is 11.4. The molecule has 0 aliphatic rings. The number of anilines is 1. The molecule has 0 saturated heterocycles. The van der Waals surface area contributed by atoms with Crippen LogP contribution >= 0.6 is 22.7 Å². The number of amides is 1. The van der Waals surface area contributed by atoms with Crippen LogP contribution in [0.1, 0.15) is 24.4 Å². The molecule has 182 valence electrons. The Morgan fingerprint density at radius 1 is 1.06 bits per heavy atom. The number of nitrogens with one attached hydrogen (secondary N) is 1. The lowest BCUT2D eigenvalue weighted by molar-refractivity contribution is -0.119. The second-order valence-electron chi connectivity index (χ2n) is 8.08. The van der Waals surface area contributed by atoms with Gasteiger partial charge in [-0.25, -0.2) is 4.98 Å². The van der Waals surface area contributed by atoms with Crippen LogP contribution in [0.5, 0.6) is 0 Å². The van der Waals surface area contributed by atoms with Gasteiger partial charge in [-0.1, -0.05) is 72.9 Å². The first-order chi connectivity index (χ1) is 17.6. The molecule has 1 amide bonds. The van der Waals surface area contributed by atoms with Crippen LogP contribution in [-0.4, -0.2) is 32.8 Å². The maximum absolute atomic E-state index is 13.6. The van der Waals surface area contributed by atoms with E-state index in [9.17, 15) is 9.59 Å². The summed E-state index contributed by atoms with van der Waals surface area (Å²) in [5.74, 6) is -0.343. The van der Waals surface area contributed by atoms with Crippen LogP contribution in [0.4, 0.5) is 5.13 Å². The van der Waals surface area contributed by atoms with Crippen molar-refractivity contribution >= 4 is 43.9 Å². The number of fused-ring (bicyclic) bond motifs is 1. The van der Waals surface area contributed by atoms with E-state index >= 15 is 0 Å². The van der Waals surface area contributed by atoms with E-state index in [4.69, 9.17) is 4.74 Å². The summed E-state index contributed by atoms with van der Waals surface area (Å²) in [6.45, 7) is 2.17. The number of rotatable bonds is 8. The molecule has 10 heteroatoms. The van der Waals surface area contributed by atoms with Crippen molar-refractivity contribution in [2.24, 2.45) is 0 Å². The molecule has 5 aromatic rings. The number of hydrogen-bond donors (Lipinski definition) is 1. The summed E-state index contributed by atoms with van der Waals surface area (Å²) in [7, 11) is 1.57. The first kappa shape index (κ1) is 24.0. The van der Waals surface area contributed by atoms with Crippen LogP contribution < -0.4 is 10.9 Å². The Labute approximate surface area is 215 Å². The van der Waals surface area contributed by atoms with Crippen LogP contribution in [0.15, 0.2) is 71.1 Å². The van der Waals surface area contributed by atoms with Gasteiger partial charge >= 0.3 is 0 Å². The van der Waals surface area contributed by atoms with E-state index in [1.54, 1.807) is 7.11 Å². The Balaban J connectivity index is 1.46. The van der Waals surface area contributed by atoms with E-state index in [0.717, 1.165) is 22.3 Å². The van der Waals surface area contributed by atoms with Crippen LogP contribution in [0.25, 0.3) is 32.5 Å². The third-order valence-corrected chi connectivity index (χ3v) is 7.51. The number of methoxy groups -OCH3 is 1. The average molecular weight is 518 g/mol. The zero-order valence-corrected chi connectivity index (χ0v) is 21.3. The molecule has 3 aromatic heterocycles. The summed E-state index contributed by atoms with van der Waals surface area (Å²) >= 11 is 2.65. The van der Waals surface area contributed by atoms with Crippen molar-refractivity contribution in [2.45, 2.75) is 26.0 Å². The smallest absolute Gasteiger partial charge is 0.263 e. The highest BCUT2D eigenvalue weighted by atomic mass is 32.1. The molecule has 0 radical (unpaired) electrons. The molecular weight excluding hydrogens is 494 g/mol. The summed E-state index contributed by atoms with van der Waals surface area (Å²) in [5.41, 5.74) is 3.72. The van der Waals surface area contributed by atoms with E-state index in [1.165, 1.54) is 33.6 Å². The second-order valence-corrected chi connectivity index (χ2v) is 10.00. The summed E-state index contributed by atoms with van der Waals surface area (Å²) < 4.78 is 6.46. The number of ether oxygens (including phenoxy) is 1. The minimum atomic E-state index is -0.739. The maximum atomic E-state index is 13.6. The molecule has 1 N–H and O–H groups in total. The third kappa shape index (κ3) is 4.70. The van der Waals surface area contributed by atoms with Gasteiger partial charge in [-0.2, -0.15) is 0 Å². The van der Waals surface area contributed by atoms with Gasteiger partial charge in [-0.3, -0.25) is 19.5 Å². The molecular formula is C26H23N5O3S2. The monoisotopic (exact) mass is 517 g/mol. The summed E-state index contributed by atoms with van der Waals surface area (Å²) in [6, 6.07) is 17.5. The van der Waals surface area contributed by atoms with Gasteiger partial charge in [-0.05, 0) is 23.1 Å². The van der Waals surface area contributed by atoms with E-state index in [0.29, 0.717) is 33.4 Å². The van der Waals surface area contributed by atoms with Gasteiger partial charge in [0.2, 0.25) is 11.0 Å². The molecule has 2 aromatic carbocycles. The molecule has 0 aliphatic carbocycles. The summed E-state index contributed by atoms with van der Waals surface area (Å²) in [4.78, 5) is 31.8. The Kier molecular flexibility index (Phi) is 6.99. The van der Waals surface area contributed by atoms with Crippen molar-refractivity contribution in [2.75, 3.05) is 12.4 Å². The molecule has 8 nitrogen and oxygen atoms in total. The predicted molar refractivity (Wildman–Crippen MR) is 143 cm³/mol. The summed E-state index contributed by atoms with van der Waals surface area (Å²) in [6.07, 6.45) is 1.86. The zero-order valence-electron chi connectivity index (χ0n) is 19.7. The zero-order chi connectivity index (χ0) is 25.1. The number of nitrogens with zero attached hydrogens (tertiary/aromatic N) is 4. The highest BCUT2D eigenvalue weighted by molar-refractivity contribution is 7.17. The fourth-order valence-electron chi connectivity index (χ4n) is 4.04. The maximum Gasteiger partial charge on any atom is 0.263 e. The lowest BCUT2D eigenvalue weighted by Gasteiger charge is -2.16. The van der Waals surface area contributed by atoms with Gasteiger partial charge in [-0.15, -0.1) is 21.5 Å². The number of carbonyl (C=O) groups excluding carboxylic acids is 1. The molecule has 0 spiro atoms. The van der Waals surface area contributed by atoms with E-state index in [1.807, 2.05) is 54.8 Å². The Hall–Kier alpha value is -3.73. The number of benzene rings is 2. The molecule has 0 aliphatic heterocycles. The normalized spacial score (nSPS) is 12.1. The average Bonchev–Trinajstić information content (AvgIpc) is 3.54. The topological polar surface area (TPSA) is 99.0 Å². The van der Waals surface area contributed by atoms with Gasteiger partial charge in [0.25, 0.3) is 5.56 Å². The minimum Gasteiger partial charge on any atom is -0.377 e. The van der Waals surface area contributed by atoms with Gasteiger partial charge in [0.05, 0.1) is 11.7 Å². The van der Waals surface area contributed by atoms with Crippen molar-refractivity contribution in [3.05, 3.63) is 81.7 Å². The Morgan fingerprint density at radius 2 is 1.78 bits per heavy atom. The highest BCUT2D eigenvalue weighted by Crippen LogP contribution is 2.32. The van der Waals surface area contributed by atoms with Crippen molar-refractivity contribution in [3.63, 3.8) is 0 Å². The van der Waals surface area contributed by atoms with E-state index < -0.39 is 6.04 Å². The lowest BCUT2D eigenvalue weighted by atomic mass is 10.0. The fourth-order valence-corrected chi connectivity index (χ4v) is 5.66. The van der Waals surface area contributed by atoms with Crippen molar-refractivity contribution in [1.29, 1.82) is 0 Å². The van der Waals surface area contributed by atoms with Gasteiger partial charge < -0.3 is 4.74 Å². The van der Waals surface area contributed by atoms with Crippen LogP contribution in [-0.2, 0) is 16.1 Å². The molecule has 0 saturated carbocycles. The Bertz CT molecular complexity index is 1560. The van der Waals surface area contributed by atoms with Crippen molar-refractivity contribution < 1.29 is 9.53 Å². The van der Waals surface area contributed by atoms with Gasteiger partial charge in [0.1, 0.15) is 22.5 Å². The molecule has 1 atom stereocenters. The summed E-state index contributed by atoms with van der Waals surface area (Å²) in [5, 5.41) is 14.2. The third-order valence-electron chi connectivity index (χ3n) is 5.81. The van der Waals surface area contributed by atoms with Crippen molar-refractivity contribution in [3.8, 4) is 22.3 Å². The molecule has 1 unspecified atom stereocenters. The number of hydrogen-bond acceptors (Lipinski definition) is 8. The largest absolute Gasteiger partial charge is 0.377 e. The van der Waals surface area contributed by atoms with E-state index in [-0.39, 0.29) is 11.5 Å². The van der Waals surface area contributed by atoms with Gasteiger partial charge in [0, 0.05) is 18.1 Å². The lowest BCUT2D eigenvalue weighted by Crippen LogP contribution is -2.33. The highest BCUT2D eigenvalue weighted by Gasteiger charge is 2.24. The fraction of sp³-hybridized carbons (Fsp3) is 0.192. The molecule has 0 fully saturated rings. The predicted octanol–water partition coefficient (Wildman–Crippen LogP) is 5.38. The molecule has 5 rings (SSSR count). The van der Waals surface area contributed by atoms with E-state index in [2.05, 4.69) is 32.6 Å². The number of carbonyl (C=O) groups is 1. The van der Waals surface area contributed by atoms with Gasteiger partial charge in [0.15, 0.2) is 0 Å². The van der Waals surface area contributed by atoms with Crippen LogP contribution in [0.3, 0.4) is 0 Å². The Morgan fingerprint density at radius 3 is 2.50 bits per heavy atom. The first-order valence-corrected chi connectivity index (χ1v) is 13.0. The quantitative estimate of drug-likeness (QED) is 0.297. The minimum absolute atomic E-state index is 0.247. The number of thiophene rings is 1. The molecule has 0 bridgehead atoms. The molecule has 3 heterocycles. The standard InChI is InChI=1S/C26H23N5O3S2/c1-3-20(23(32)28-26-30-29-21(36-26)13-34-2)31-15-27-24-22(25(31)33)19(14-35-24)18-11-9-17(10-12-18)16-7-5-4-6-8-16/h4-12,14-15,20H,3,13H2,1-2H3,(H,28,30,32). The second kappa shape index (κ2) is 10.5. The van der Waals surface area contributed by atoms with Crippen LogP contribution in [0, 0.1) is 0 Å². The van der Waals surface area contributed by atoms with Crippen molar-refractivity contribution in [1.82, 2.24) is 19.7 Å². The molecule has 36 heavy (non-hydrogen) atoms. The SMILES string of the molecule is CCC(C(=O)Nc1nnc(COC)s1)n1cnc2scc(-c3ccc(-c4ccccc4)cc3)c2c1=O. The van der Waals surface area contributed by atoms with Crippen LogP contribution in [0.2, 0.25) is 0 Å².